The molecule has 1 aromatic heterocycles. The normalized spacial score (nSPS) is 10.5. The van der Waals surface area contributed by atoms with Crippen LogP contribution in [0.15, 0.2) is 29.0 Å². The van der Waals surface area contributed by atoms with Crippen LogP contribution in [0.4, 0.5) is 5.69 Å². The van der Waals surface area contributed by atoms with Gasteiger partial charge in [0.15, 0.2) is 6.39 Å². The third-order valence-corrected chi connectivity index (χ3v) is 3.00. The Morgan fingerprint density at radius 1 is 1.29 bits per heavy atom. The minimum absolute atomic E-state index is 0.0942. The van der Waals surface area contributed by atoms with E-state index in [0.29, 0.717) is 22.9 Å². The molecule has 0 spiro atoms. The highest BCUT2D eigenvalue weighted by Gasteiger charge is 2.20. The quantitative estimate of drug-likeness (QED) is 0.916. The van der Waals surface area contributed by atoms with E-state index in [0.717, 1.165) is 0 Å². The first-order valence-corrected chi connectivity index (χ1v) is 6.53. The van der Waals surface area contributed by atoms with Crippen LogP contribution in [0.25, 0.3) is 0 Å². The minimum Gasteiger partial charge on any atom is -0.497 e. The van der Waals surface area contributed by atoms with Gasteiger partial charge in [0.05, 0.1) is 25.6 Å². The van der Waals surface area contributed by atoms with Crippen LogP contribution in [0.3, 0.4) is 0 Å². The Hall–Kier alpha value is -2.50. The van der Waals surface area contributed by atoms with E-state index < -0.39 is 0 Å². The largest absolute Gasteiger partial charge is 0.497 e. The lowest BCUT2D eigenvalue weighted by Gasteiger charge is -2.11. The van der Waals surface area contributed by atoms with Crippen molar-refractivity contribution in [3.8, 4) is 11.5 Å². The predicted molar refractivity (Wildman–Crippen MR) is 78.1 cm³/mol. The summed E-state index contributed by atoms with van der Waals surface area (Å²) in [4.78, 5) is 16.4. The topological polar surface area (TPSA) is 73.6 Å². The van der Waals surface area contributed by atoms with Gasteiger partial charge in [0.25, 0.3) is 5.91 Å². The molecule has 2 rings (SSSR count). The second-order valence-electron chi connectivity index (χ2n) is 4.74. The number of methoxy groups -OCH3 is 2. The number of hydrogen-bond donors (Lipinski definition) is 1. The first-order chi connectivity index (χ1) is 10.1. The second-order valence-corrected chi connectivity index (χ2v) is 4.74. The number of carbonyl (C=O) groups is 1. The molecule has 0 saturated heterocycles. The van der Waals surface area contributed by atoms with Gasteiger partial charge < -0.3 is 19.2 Å². The third kappa shape index (κ3) is 3.16. The molecule has 0 aliphatic rings. The zero-order valence-corrected chi connectivity index (χ0v) is 12.5. The van der Waals surface area contributed by atoms with Gasteiger partial charge in [0, 0.05) is 6.07 Å². The molecule has 1 N–H and O–H groups in total. The molecule has 6 nitrogen and oxygen atoms in total. The second kappa shape index (κ2) is 6.30. The Morgan fingerprint density at radius 2 is 2.05 bits per heavy atom. The van der Waals surface area contributed by atoms with E-state index in [9.17, 15) is 4.79 Å². The van der Waals surface area contributed by atoms with Crippen molar-refractivity contribution in [3.05, 3.63) is 36.0 Å². The molecule has 112 valence electrons. The lowest BCUT2D eigenvalue weighted by atomic mass is 10.1. The average Bonchev–Trinajstić information content (AvgIpc) is 2.96. The van der Waals surface area contributed by atoms with E-state index in [2.05, 4.69) is 10.3 Å². The average molecular weight is 290 g/mol. The van der Waals surface area contributed by atoms with Crippen molar-refractivity contribution in [2.24, 2.45) is 0 Å². The fourth-order valence-corrected chi connectivity index (χ4v) is 1.93. The van der Waals surface area contributed by atoms with Crippen LogP contribution < -0.4 is 14.8 Å². The molecule has 0 fully saturated rings. The van der Waals surface area contributed by atoms with Gasteiger partial charge in [-0.3, -0.25) is 4.79 Å². The molecular weight excluding hydrogens is 272 g/mol. The number of aromatic nitrogens is 1. The summed E-state index contributed by atoms with van der Waals surface area (Å²) in [7, 11) is 3.09. The summed E-state index contributed by atoms with van der Waals surface area (Å²) in [6.07, 6.45) is 1.27. The number of carbonyl (C=O) groups excluding carboxylic acids is 1. The Bertz CT molecular complexity index is 634. The van der Waals surface area contributed by atoms with Crippen molar-refractivity contribution >= 4 is 11.6 Å². The van der Waals surface area contributed by atoms with Gasteiger partial charge in [-0.15, -0.1) is 0 Å². The van der Waals surface area contributed by atoms with Crippen molar-refractivity contribution in [2.45, 2.75) is 19.8 Å². The highest BCUT2D eigenvalue weighted by Crippen LogP contribution is 2.29. The molecule has 1 heterocycles. The molecule has 0 saturated carbocycles. The molecule has 2 aromatic rings. The summed E-state index contributed by atoms with van der Waals surface area (Å²) in [5.41, 5.74) is 1.13. The molecule has 21 heavy (non-hydrogen) atoms. The first kappa shape index (κ1) is 14.9. The number of rotatable bonds is 5. The number of hydrogen-bond acceptors (Lipinski definition) is 5. The smallest absolute Gasteiger partial charge is 0.293 e. The van der Waals surface area contributed by atoms with E-state index in [1.165, 1.54) is 13.5 Å². The van der Waals surface area contributed by atoms with Gasteiger partial charge in [0.2, 0.25) is 5.76 Å². The zero-order chi connectivity index (χ0) is 15.4. The van der Waals surface area contributed by atoms with E-state index in [-0.39, 0.29) is 17.6 Å². The number of benzene rings is 1. The summed E-state index contributed by atoms with van der Waals surface area (Å²) in [5.74, 6) is 1.08. The molecular formula is C15H18N2O4. The maximum atomic E-state index is 12.3. The maximum absolute atomic E-state index is 12.3. The molecule has 0 bridgehead atoms. The monoisotopic (exact) mass is 290 g/mol. The van der Waals surface area contributed by atoms with Crippen molar-refractivity contribution in [2.75, 3.05) is 19.5 Å². The van der Waals surface area contributed by atoms with Crippen LogP contribution in [0.1, 0.15) is 36.0 Å². The molecule has 0 unspecified atom stereocenters. The summed E-state index contributed by atoms with van der Waals surface area (Å²) in [6.45, 7) is 3.89. The Balaban J connectivity index is 2.28. The van der Waals surface area contributed by atoms with Gasteiger partial charge in [0.1, 0.15) is 11.5 Å². The van der Waals surface area contributed by atoms with Gasteiger partial charge in [-0.1, -0.05) is 13.8 Å². The Kier molecular flexibility index (Phi) is 4.47. The highest BCUT2D eigenvalue weighted by atomic mass is 16.5. The highest BCUT2D eigenvalue weighted by molar-refractivity contribution is 6.04. The van der Waals surface area contributed by atoms with Gasteiger partial charge >= 0.3 is 0 Å². The third-order valence-electron chi connectivity index (χ3n) is 3.00. The summed E-state index contributed by atoms with van der Waals surface area (Å²) < 4.78 is 15.6. The number of ether oxygens (including phenoxy) is 2. The number of amides is 1. The van der Waals surface area contributed by atoms with Crippen LogP contribution in [-0.4, -0.2) is 25.1 Å². The van der Waals surface area contributed by atoms with Gasteiger partial charge in [-0.2, -0.15) is 0 Å². The van der Waals surface area contributed by atoms with Crippen molar-refractivity contribution < 1.29 is 18.7 Å². The summed E-state index contributed by atoms with van der Waals surface area (Å²) in [5, 5.41) is 2.76. The minimum atomic E-state index is -0.372. The Morgan fingerprint density at radius 3 is 2.67 bits per heavy atom. The summed E-state index contributed by atoms with van der Waals surface area (Å²) in [6, 6.07) is 5.16. The fraction of sp³-hybridized carbons (Fsp3) is 0.333. The van der Waals surface area contributed by atoms with Crippen LogP contribution in [0.2, 0.25) is 0 Å². The fourth-order valence-electron chi connectivity index (χ4n) is 1.93. The Labute approximate surface area is 123 Å². The van der Waals surface area contributed by atoms with Crippen molar-refractivity contribution in [1.82, 2.24) is 4.98 Å². The zero-order valence-electron chi connectivity index (χ0n) is 12.5. The van der Waals surface area contributed by atoms with Crippen molar-refractivity contribution in [3.63, 3.8) is 0 Å². The van der Waals surface area contributed by atoms with Gasteiger partial charge in [-0.25, -0.2) is 4.98 Å². The molecule has 1 amide bonds. The first-order valence-electron chi connectivity index (χ1n) is 6.53. The molecule has 1 aromatic carbocycles. The van der Waals surface area contributed by atoms with E-state index in [4.69, 9.17) is 13.9 Å². The van der Waals surface area contributed by atoms with E-state index in [1.807, 2.05) is 13.8 Å². The standard InChI is InChI=1S/C15H18N2O4/c1-9(2)13-14(21-8-16-13)15(18)17-11-7-10(19-3)5-6-12(11)20-4/h5-9H,1-4H3,(H,17,18). The molecule has 0 radical (unpaired) electrons. The van der Waals surface area contributed by atoms with E-state index in [1.54, 1.807) is 25.3 Å². The molecule has 0 aliphatic carbocycles. The maximum Gasteiger partial charge on any atom is 0.293 e. The number of anilines is 1. The lowest BCUT2D eigenvalue weighted by molar-refractivity contribution is 0.0994. The molecule has 6 heteroatoms. The van der Waals surface area contributed by atoms with Crippen molar-refractivity contribution in [1.29, 1.82) is 0 Å². The number of oxazole rings is 1. The number of nitrogens with zero attached hydrogens (tertiary/aromatic N) is 1. The SMILES string of the molecule is COc1ccc(OC)c(NC(=O)c2ocnc2C(C)C)c1. The van der Waals surface area contributed by atoms with Crippen LogP contribution in [0.5, 0.6) is 11.5 Å². The molecule has 0 atom stereocenters. The summed E-state index contributed by atoms with van der Waals surface area (Å²) >= 11 is 0. The van der Waals surface area contributed by atoms with Crippen LogP contribution in [0, 0.1) is 0 Å². The lowest BCUT2D eigenvalue weighted by Crippen LogP contribution is -2.14. The number of nitrogens with one attached hydrogen (secondary N) is 1. The van der Waals surface area contributed by atoms with Gasteiger partial charge in [-0.05, 0) is 18.1 Å². The predicted octanol–water partition coefficient (Wildman–Crippen LogP) is 3.07. The van der Waals surface area contributed by atoms with E-state index >= 15 is 0 Å². The van der Waals surface area contributed by atoms with Crippen LogP contribution in [-0.2, 0) is 0 Å². The molecule has 0 aliphatic heterocycles. The van der Waals surface area contributed by atoms with Crippen LogP contribution >= 0.6 is 0 Å².